The van der Waals surface area contributed by atoms with Gasteiger partial charge in [0.2, 0.25) is 0 Å². The first-order valence-corrected chi connectivity index (χ1v) is 4.41. The number of ketones is 1. The van der Waals surface area contributed by atoms with Crippen LogP contribution >= 0.6 is 0 Å². The third-order valence-corrected chi connectivity index (χ3v) is 1.32. The summed E-state index contributed by atoms with van der Waals surface area (Å²) in [5.74, 6) is -1.41. The SMILES string of the molecule is C.C=C(C)C(=O)OCCOC(=O)CC(C)=O. The number of Topliss-reactive ketones (excluding diaryl/α,β-unsaturated/α-hetero) is 1. The lowest BCUT2D eigenvalue weighted by Gasteiger charge is -2.05. The summed E-state index contributed by atoms with van der Waals surface area (Å²) in [4.78, 5) is 32.2. The highest BCUT2D eigenvalue weighted by Crippen LogP contribution is 1.93. The highest BCUT2D eigenvalue weighted by Gasteiger charge is 2.07. The van der Waals surface area contributed by atoms with Crippen molar-refractivity contribution in [1.29, 1.82) is 0 Å². The van der Waals surface area contributed by atoms with Crippen LogP contribution in [-0.4, -0.2) is 30.9 Å². The topological polar surface area (TPSA) is 69.7 Å². The lowest BCUT2D eigenvalue weighted by atomic mass is 10.3. The molecule has 0 radical (unpaired) electrons. The van der Waals surface area contributed by atoms with Gasteiger partial charge < -0.3 is 9.47 Å². The van der Waals surface area contributed by atoms with Crippen LogP contribution in [0, 0.1) is 0 Å². The Labute approximate surface area is 95.4 Å². The number of carbonyl (C=O) groups excluding carboxylic acids is 3. The lowest BCUT2D eigenvalue weighted by Crippen LogP contribution is -2.15. The number of rotatable bonds is 6. The van der Waals surface area contributed by atoms with E-state index in [2.05, 4.69) is 16.1 Å². The van der Waals surface area contributed by atoms with E-state index in [1.807, 2.05) is 0 Å². The van der Waals surface area contributed by atoms with Gasteiger partial charge >= 0.3 is 11.9 Å². The quantitative estimate of drug-likeness (QED) is 0.297. The second kappa shape index (κ2) is 8.64. The maximum atomic E-state index is 10.8. The normalized spacial score (nSPS) is 8.62. The Morgan fingerprint density at radius 1 is 1.06 bits per heavy atom. The molecule has 0 bridgehead atoms. The minimum absolute atomic E-state index is 0. The van der Waals surface area contributed by atoms with Crippen LogP contribution in [0.15, 0.2) is 12.2 Å². The monoisotopic (exact) mass is 230 g/mol. The van der Waals surface area contributed by atoms with Gasteiger partial charge in [-0.25, -0.2) is 4.79 Å². The molecule has 0 aliphatic heterocycles. The van der Waals surface area contributed by atoms with Gasteiger partial charge in [-0.2, -0.15) is 0 Å². The van der Waals surface area contributed by atoms with Crippen LogP contribution in [0.1, 0.15) is 27.7 Å². The molecule has 16 heavy (non-hydrogen) atoms. The lowest BCUT2D eigenvalue weighted by molar-refractivity contribution is -0.151. The minimum Gasteiger partial charge on any atom is -0.462 e. The van der Waals surface area contributed by atoms with E-state index < -0.39 is 11.9 Å². The summed E-state index contributed by atoms with van der Waals surface area (Å²) < 4.78 is 9.27. The molecule has 0 atom stereocenters. The van der Waals surface area contributed by atoms with Gasteiger partial charge in [-0.05, 0) is 13.8 Å². The van der Waals surface area contributed by atoms with Crippen LogP contribution in [-0.2, 0) is 23.9 Å². The van der Waals surface area contributed by atoms with Crippen molar-refractivity contribution < 1.29 is 23.9 Å². The van der Waals surface area contributed by atoms with E-state index in [4.69, 9.17) is 0 Å². The van der Waals surface area contributed by atoms with E-state index in [-0.39, 0.29) is 38.4 Å². The zero-order valence-electron chi connectivity index (χ0n) is 8.87. The molecular formula is C11H18O5. The van der Waals surface area contributed by atoms with Crippen LogP contribution in [0.4, 0.5) is 0 Å². The molecule has 0 aromatic rings. The van der Waals surface area contributed by atoms with Crippen molar-refractivity contribution in [2.45, 2.75) is 27.7 Å². The van der Waals surface area contributed by atoms with E-state index in [1.165, 1.54) is 13.8 Å². The molecule has 0 unspecified atom stereocenters. The minimum atomic E-state index is -0.617. The van der Waals surface area contributed by atoms with Crippen molar-refractivity contribution in [3.63, 3.8) is 0 Å². The van der Waals surface area contributed by atoms with Gasteiger partial charge in [0.25, 0.3) is 0 Å². The first-order valence-electron chi connectivity index (χ1n) is 4.41. The highest BCUT2D eigenvalue weighted by atomic mass is 16.6. The average Bonchev–Trinajstić information content (AvgIpc) is 2.10. The first kappa shape index (κ1) is 16.8. The third kappa shape index (κ3) is 8.93. The molecule has 5 heteroatoms. The van der Waals surface area contributed by atoms with E-state index in [9.17, 15) is 14.4 Å². The van der Waals surface area contributed by atoms with Crippen LogP contribution in [0.3, 0.4) is 0 Å². The molecule has 0 aromatic carbocycles. The first-order chi connectivity index (χ1) is 6.93. The Hall–Kier alpha value is -1.65. The summed E-state index contributed by atoms with van der Waals surface area (Å²) in [5, 5.41) is 0. The van der Waals surface area contributed by atoms with Gasteiger partial charge in [-0.3, -0.25) is 9.59 Å². The molecule has 0 aliphatic rings. The molecule has 92 valence electrons. The largest absolute Gasteiger partial charge is 0.462 e. The van der Waals surface area contributed by atoms with Crippen LogP contribution in [0.5, 0.6) is 0 Å². The summed E-state index contributed by atoms with van der Waals surface area (Å²) >= 11 is 0. The van der Waals surface area contributed by atoms with Crippen molar-refractivity contribution >= 4 is 17.7 Å². The fraction of sp³-hybridized carbons (Fsp3) is 0.545. The average molecular weight is 230 g/mol. The summed E-state index contributed by atoms with van der Waals surface area (Å²) in [7, 11) is 0. The maximum absolute atomic E-state index is 10.8. The summed E-state index contributed by atoms with van der Waals surface area (Å²) in [6.07, 6.45) is -0.256. The molecule has 0 saturated carbocycles. The van der Waals surface area contributed by atoms with Gasteiger partial charge in [0.1, 0.15) is 25.4 Å². The van der Waals surface area contributed by atoms with Crippen molar-refractivity contribution in [2.24, 2.45) is 0 Å². The molecule has 5 nitrogen and oxygen atoms in total. The second-order valence-electron chi connectivity index (χ2n) is 3.02. The Bertz CT molecular complexity index is 280. The maximum Gasteiger partial charge on any atom is 0.333 e. The van der Waals surface area contributed by atoms with Crippen LogP contribution in [0.25, 0.3) is 0 Å². The van der Waals surface area contributed by atoms with E-state index in [1.54, 1.807) is 0 Å². The van der Waals surface area contributed by atoms with Crippen LogP contribution in [0.2, 0.25) is 0 Å². The van der Waals surface area contributed by atoms with Gasteiger partial charge in [0.05, 0.1) is 0 Å². The molecule has 0 aromatic heterocycles. The molecule has 0 rings (SSSR count). The molecule has 0 fully saturated rings. The molecule has 0 saturated heterocycles. The summed E-state index contributed by atoms with van der Waals surface area (Å²) in [6, 6.07) is 0. The predicted octanol–water partition coefficient (Wildman–Crippen LogP) is 1.26. The Balaban J connectivity index is 0. The van der Waals surface area contributed by atoms with E-state index in [0.29, 0.717) is 0 Å². The fourth-order valence-electron chi connectivity index (χ4n) is 0.667. The van der Waals surface area contributed by atoms with Crippen molar-refractivity contribution in [3.8, 4) is 0 Å². The second-order valence-corrected chi connectivity index (χ2v) is 3.02. The number of ether oxygens (including phenoxy) is 2. The molecule has 0 aliphatic carbocycles. The number of hydrogen-bond donors (Lipinski definition) is 0. The molecule has 0 amide bonds. The van der Waals surface area contributed by atoms with Gasteiger partial charge in [0.15, 0.2) is 0 Å². The van der Waals surface area contributed by atoms with Crippen molar-refractivity contribution in [3.05, 3.63) is 12.2 Å². The zero-order chi connectivity index (χ0) is 11.8. The molecule has 0 N–H and O–H groups in total. The Morgan fingerprint density at radius 2 is 1.56 bits per heavy atom. The Kier molecular flexibility index (Phi) is 9.06. The van der Waals surface area contributed by atoms with Crippen LogP contribution < -0.4 is 0 Å². The number of hydrogen-bond acceptors (Lipinski definition) is 5. The summed E-state index contributed by atoms with van der Waals surface area (Å²) in [6.45, 7) is 6.11. The number of esters is 2. The van der Waals surface area contributed by atoms with Crippen molar-refractivity contribution in [1.82, 2.24) is 0 Å². The number of carbonyl (C=O) groups is 3. The third-order valence-electron chi connectivity index (χ3n) is 1.32. The smallest absolute Gasteiger partial charge is 0.333 e. The predicted molar refractivity (Wildman–Crippen MR) is 58.8 cm³/mol. The van der Waals surface area contributed by atoms with Gasteiger partial charge in [0, 0.05) is 5.57 Å². The van der Waals surface area contributed by atoms with Crippen molar-refractivity contribution in [2.75, 3.05) is 13.2 Å². The molecule has 0 spiro atoms. The fourth-order valence-corrected chi connectivity index (χ4v) is 0.667. The van der Waals surface area contributed by atoms with Gasteiger partial charge in [-0.15, -0.1) is 0 Å². The van der Waals surface area contributed by atoms with E-state index >= 15 is 0 Å². The zero-order valence-corrected chi connectivity index (χ0v) is 8.87. The Morgan fingerprint density at radius 3 is 2.00 bits per heavy atom. The summed E-state index contributed by atoms with van der Waals surface area (Å²) in [5.41, 5.74) is 0.282. The standard InChI is InChI=1S/C10H14O5.CH4/c1-7(2)10(13)15-5-4-14-9(12)6-8(3)11;/h1,4-6H2,2-3H3;1H4. The van der Waals surface area contributed by atoms with Gasteiger partial charge in [-0.1, -0.05) is 14.0 Å². The molecule has 0 heterocycles. The highest BCUT2D eigenvalue weighted by molar-refractivity contribution is 5.94. The molecular weight excluding hydrogens is 212 g/mol. The van der Waals surface area contributed by atoms with E-state index in [0.717, 1.165) is 0 Å².